The fourth-order valence-corrected chi connectivity index (χ4v) is 2.59. The Hall–Kier alpha value is -2.12. The lowest BCUT2D eigenvalue weighted by molar-refractivity contribution is -0.122. The molecule has 0 spiro atoms. The first-order chi connectivity index (χ1) is 12.8. The average Bonchev–Trinajstić information content (AvgIpc) is 2.53. The molecule has 0 unspecified atom stereocenters. The Bertz CT molecular complexity index is 578. The summed E-state index contributed by atoms with van der Waals surface area (Å²) in [7, 11) is 0. The van der Waals surface area contributed by atoms with Crippen molar-refractivity contribution in [1.29, 1.82) is 0 Å². The Balaban J connectivity index is 0.000000280. The molecule has 0 atom stereocenters. The van der Waals surface area contributed by atoms with Crippen LogP contribution in [0, 0.1) is 0 Å². The molecule has 0 aromatic carbocycles. The van der Waals surface area contributed by atoms with Gasteiger partial charge < -0.3 is 19.3 Å². The molecule has 0 aromatic rings. The second-order valence-electron chi connectivity index (χ2n) is 9.05. The number of rotatable bonds is 0. The number of amides is 2. The normalized spacial score (nSPS) is 18.2. The maximum absolute atomic E-state index is 11.5. The van der Waals surface area contributed by atoms with E-state index in [0.717, 1.165) is 6.42 Å². The van der Waals surface area contributed by atoms with E-state index < -0.39 is 11.2 Å². The molecule has 2 aliphatic rings. The molecule has 2 aliphatic heterocycles. The summed E-state index contributed by atoms with van der Waals surface area (Å²) in [4.78, 5) is 48.1. The first kappa shape index (κ1) is 23.9. The van der Waals surface area contributed by atoms with Gasteiger partial charge in [-0.2, -0.15) is 0 Å². The minimum absolute atomic E-state index is 0.113. The van der Waals surface area contributed by atoms with Crippen LogP contribution in [0.1, 0.15) is 67.2 Å². The second kappa shape index (κ2) is 9.89. The van der Waals surface area contributed by atoms with E-state index in [-0.39, 0.29) is 30.3 Å². The quantitative estimate of drug-likeness (QED) is 0.622. The van der Waals surface area contributed by atoms with Gasteiger partial charge in [-0.05, 0) is 48.0 Å². The van der Waals surface area contributed by atoms with Crippen molar-refractivity contribution in [2.45, 2.75) is 78.4 Å². The molecule has 2 saturated heterocycles. The molecule has 0 N–H and O–H groups in total. The summed E-state index contributed by atoms with van der Waals surface area (Å²) in [6, 6.07) is 0. The summed E-state index contributed by atoms with van der Waals surface area (Å²) < 4.78 is 10.3. The topological polar surface area (TPSA) is 93.2 Å². The van der Waals surface area contributed by atoms with Gasteiger partial charge in [0.2, 0.25) is 0 Å². The van der Waals surface area contributed by atoms with Crippen molar-refractivity contribution in [3.05, 3.63) is 0 Å². The minimum atomic E-state index is -0.489. The van der Waals surface area contributed by atoms with E-state index >= 15 is 0 Å². The standard InChI is InChI=1S/2C10H17NO3/c1-10(2,3)14-9(13)11-6-4-8(12)5-7-11;1-10(2,3)14-9(13)11-6-4-5-8(12)7-11/h2*4-7H2,1-3H3. The fraction of sp³-hybridized carbons (Fsp3) is 0.800. The molecule has 2 heterocycles. The third kappa shape index (κ3) is 9.71. The molecule has 2 rings (SSSR count). The Labute approximate surface area is 167 Å². The van der Waals surface area contributed by atoms with Crippen LogP contribution >= 0.6 is 0 Å². The highest BCUT2D eigenvalue weighted by atomic mass is 16.6. The number of likely N-dealkylation sites (tertiary alicyclic amines) is 2. The van der Waals surface area contributed by atoms with Crippen LogP contribution in [0.2, 0.25) is 0 Å². The Morgan fingerprint density at radius 2 is 1.18 bits per heavy atom. The van der Waals surface area contributed by atoms with Gasteiger partial charge in [0.05, 0.1) is 6.54 Å². The van der Waals surface area contributed by atoms with Crippen molar-refractivity contribution >= 4 is 23.8 Å². The van der Waals surface area contributed by atoms with Crippen LogP contribution in [0.3, 0.4) is 0 Å². The van der Waals surface area contributed by atoms with Crippen LogP contribution in [0.15, 0.2) is 0 Å². The molecular weight excluding hydrogens is 364 g/mol. The maximum Gasteiger partial charge on any atom is 0.410 e. The monoisotopic (exact) mass is 398 g/mol. The molecular formula is C20H34N2O6. The van der Waals surface area contributed by atoms with Crippen LogP contribution in [0.25, 0.3) is 0 Å². The van der Waals surface area contributed by atoms with Gasteiger partial charge in [0, 0.05) is 38.9 Å². The molecule has 8 heteroatoms. The lowest BCUT2D eigenvalue weighted by Crippen LogP contribution is -2.43. The van der Waals surface area contributed by atoms with Gasteiger partial charge in [-0.3, -0.25) is 9.59 Å². The molecule has 0 aromatic heterocycles. The molecule has 28 heavy (non-hydrogen) atoms. The summed E-state index contributed by atoms with van der Waals surface area (Å²) in [6.45, 7) is 12.8. The average molecular weight is 399 g/mol. The number of piperidine rings is 2. The van der Waals surface area contributed by atoms with Crippen LogP contribution < -0.4 is 0 Å². The van der Waals surface area contributed by atoms with Crippen molar-refractivity contribution in [3.8, 4) is 0 Å². The smallest absolute Gasteiger partial charge is 0.410 e. The predicted molar refractivity (Wildman–Crippen MR) is 104 cm³/mol. The third-order valence-corrected chi connectivity index (χ3v) is 3.88. The van der Waals surface area contributed by atoms with Crippen LogP contribution in [0.4, 0.5) is 9.59 Å². The number of ether oxygens (including phenoxy) is 2. The summed E-state index contributed by atoms with van der Waals surface area (Å²) in [6.07, 6.45) is 1.55. The van der Waals surface area contributed by atoms with Crippen molar-refractivity contribution < 1.29 is 28.7 Å². The van der Waals surface area contributed by atoms with Gasteiger partial charge in [0.25, 0.3) is 0 Å². The number of Topliss-reactive ketones (excluding diaryl/α,β-unsaturated/α-hetero) is 2. The fourth-order valence-electron chi connectivity index (χ4n) is 2.59. The number of carbonyl (C=O) groups excluding carboxylic acids is 4. The molecule has 2 fully saturated rings. The zero-order valence-electron chi connectivity index (χ0n) is 18.0. The van der Waals surface area contributed by atoms with Crippen LogP contribution in [-0.4, -0.2) is 70.9 Å². The van der Waals surface area contributed by atoms with E-state index in [1.54, 1.807) is 4.90 Å². The van der Waals surface area contributed by atoms with E-state index in [2.05, 4.69) is 0 Å². The molecule has 0 aliphatic carbocycles. The Morgan fingerprint density at radius 3 is 1.61 bits per heavy atom. The largest absolute Gasteiger partial charge is 0.444 e. The van der Waals surface area contributed by atoms with Crippen LogP contribution in [-0.2, 0) is 19.1 Å². The second-order valence-corrected chi connectivity index (χ2v) is 9.05. The predicted octanol–water partition coefficient (Wildman–Crippen LogP) is 3.17. The lowest BCUT2D eigenvalue weighted by atomic mass is 10.1. The molecule has 0 radical (unpaired) electrons. The first-order valence-electron chi connectivity index (χ1n) is 9.76. The van der Waals surface area contributed by atoms with Crippen molar-refractivity contribution in [1.82, 2.24) is 9.80 Å². The molecule has 0 bridgehead atoms. The van der Waals surface area contributed by atoms with Crippen molar-refractivity contribution in [2.75, 3.05) is 26.2 Å². The number of ketones is 2. The number of carbonyl (C=O) groups is 4. The van der Waals surface area contributed by atoms with Crippen molar-refractivity contribution in [2.24, 2.45) is 0 Å². The molecule has 160 valence electrons. The highest BCUT2D eigenvalue weighted by Gasteiger charge is 2.26. The highest BCUT2D eigenvalue weighted by Crippen LogP contribution is 2.14. The number of nitrogens with zero attached hydrogens (tertiary/aromatic N) is 2. The van der Waals surface area contributed by atoms with Gasteiger partial charge in [0.1, 0.15) is 17.0 Å². The van der Waals surface area contributed by atoms with E-state index in [0.29, 0.717) is 38.9 Å². The lowest BCUT2D eigenvalue weighted by Gasteiger charge is -2.29. The van der Waals surface area contributed by atoms with Gasteiger partial charge in [-0.25, -0.2) is 9.59 Å². The van der Waals surface area contributed by atoms with Gasteiger partial charge in [-0.1, -0.05) is 0 Å². The zero-order chi connectivity index (χ0) is 21.5. The van der Waals surface area contributed by atoms with Crippen molar-refractivity contribution in [3.63, 3.8) is 0 Å². The summed E-state index contributed by atoms with van der Waals surface area (Å²) >= 11 is 0. The number of hydrogen-bond acceptors (Lipinski definition) is 6. The van der Waals surface area contributed by atoms with E-state index in [1.807, 2.05) is 41.5 Å². The Morgan fingerprint density at radius 1 is 0.714 bits per heavy atom. The summed E-state index contributed by atoms with van der Waals surface area (Å²) in [5.74, 6) is 0.340. The number of hydrogen-bond donors (Lipinski definition) is 0. The van der Waals surface area contributed by atoms with Gasteiger partial charge in [-0.15, -0.1) is 0 Å². The molecule has 0 saturated carbocycles. The first-order valence-corrected chi connectivity index (χ1v) is 9.76. The molecule has 8 nitrogen and oxygen atoms in total. The minimum Gasteiger partial charge on any atom is -0.444 e. The third-order valence-electron chi connectivity index (χ3n) is 3.88. The van der Waals surface area contributed by atoms with Gasteiger partial charge >= 0.3 is 12.2 Å². The molecule has 2 amide bonds. The van der Waals surface area contributed by atoms with Gasteiger partial charge in [0.15, 0.2) is 5.78 Å². The SMILES string of the molecule is CC(C)(C)OC(=O)N1CCC(=O)CC1.CC(C)(C)OC(=O)N1CCCC(=O)C1. The Kier molecular flexibility index (Phi) is 8.45. The highest BCUT2D eigenvalue weighted by molar-refractivity contribution is 5.85. The van der Waals surface area contributed by atoms with Crippen LogP contribution in [0.5, 0.6) is 0 Å². The van der Waals surface area contributed by atoms with E-state index in [1.165, 1.54) is 4.90 Å². The summed E-state index contributed by atoms with van der Waals surface area (Å²) in [5.41, 5.74) is -0.948. The van der Waals surface area contributed by atoms with E-state index in [9.17, 15) is 19.2 Å². The summed E-state index contributed by atoms with van der Waals surface area (Å²) in [5, 5.41) is 0. The zero-order valence-corrected chi connectivity index (χ0v) is 18.0. The van der Waals surface area contributed by atoms with E-state index in [4.69, 9.17) is 9.47 Å². The maximum atomic E-state index is 11.5.